The molecule has 1 aromatic carbocycles. The third-order valence-electron chi connectivity index (χ3n) is 5.37. The Bertz CT molecular complexity index is 750. The minimum Gasteiger partial charge on any atom is -0.494 e. The summed E-state index contributed by atoms with van der Waals surface area (Å²) < 4.78 is 11.0. The van der Waals surface area contributed by atoms with E-state index in [0.29, 0.717) is 5.89 Å². The lowest BCUT2D eigenvalue weighted by molar-refractivity contribution is 0.118. The van der Waals surface area contributed by atoms with Crippen molar-refractivity contribution in [2.75, 3.05) is 32.8 Å². The van der Waals surface area contributed by atoms with Gasteiger partial charge in [-0.15, -0.1) is 0 Å². The highest BCUT2D eigenvalue weighted by Gasteiger charge is 2.21. The van der Waals surface area contributed by atoms with Gasteiger partial charge in [-0.25, -0.2) is 0 Å². The maximum absolute atomic E-state index is 5.94. The van der Waals surface area contributed by atoms with Crippen LogP contribution in [0.1, 0.15) is 41.8 Å². The molecule has 2 heterocycles. The molecule has 2 aromatic rings. The summed E-state index contributed by atoms with van der Waals surface area (Å²) in [7, 11) is 0. The minimum atomic E-state index is 0.638. The average Bonchev–Trinajstić information content (AvgIpc) is 3.25. The molecule has 0 N–H and O–H groups in total. The van der Waals surface area contributed by atoms with Crippen molar-refractivity contribution in [1.82, 2.24) is 19.9 Å². The molecule has 1 aliphatic carbocycles. The molecule has 6 nitrogen and oxygen atoms in total. The molecule has 0 saturated carbocycles. The standard InChI is InChI=1S/C20H28N4O2/c1-3-25-19-12-17-6-4-5-16(17)11-18(19)13-23-7-9-24(10-8-23)14-20-21-15(2)26-22-20/h11-12H,3-10,13-14H2,1-2H3. The van der Waals surface area contributed by atoms with Crippen molar-refractivity contribution in [2.45, 2.75) is 46.2 Å². The van der Waals surface area contributed by atoms with Gasteiger partial charge in [0.25, 0.3) is 0 Å². The van der Waals surface area contributed by atoms with Gasteiger partial charge >= 0.3 is 0 Å². The summed E-state index contributed by atoms with van der Waals surface area (Å²) in [4.78, 5) is 9.23. The molecule has 0 radical (unpaired) electrons. The zero-order chi connectivity index (χ0) is 17.9. The van der Waals surface area contributed by atoms with Gasteiger partial charge in [0.05, 0.1) is 13.2 Å². The van der Waals surface area contributed by atoms with Crippen molar-refractivity contribution in [3.63, 3.8) is 0 Å². The normalized spacial score (nSPS) is 18.2. The first-order valence-corrected chi connectivity index (χ1v) is 9.72. The van der Waals surface area contributed by atoms with E-state index in [1.165, 1.54) is 36.0 Å². The second-order valence-electron chi connectivity index (χ2n) is 7.30. The SMILES string of the molecule is CCOc1cc2c(cc1CN1CCN(Cc3noc(C)n3)CC1)CCC2. The highest BCUT2D eigenvalue weighted by Crippen LogP contribution is 2.31. The van der Waals surface area contributed by atoms with Gasteiger partial charge in [0.1, 0.15) is 5.75 Å². The minimum absolute atomic E-state index is 0.638. The van der Waals surface area contributed by atoms with E-state index >= 15 is 0 Å². The van der Waals surface area contributed by atoms with Crippen LogP contribution in [-0.2, 0) is 25.9 Å². The first-order valence-electron chi connectivity index (χ1n) is 9.72. The smallest absolute Gasteiger partial charge is 0.223 e. The lowest BCUT2D eigenvalue weighted by Crippen LogP contribution is -2.45. The van der Waals surface area contributed by atoms with Gasteiger partial charge in [0, 0.05) is 45.2 Å². The van der Waals surface area contributed by atoms with Crippen LogP contribution in [0.4, 0.5) is 0 Å². The topological polar surface area (TPSA) is 54.6 Å². The van der Waals surface area contributed by atoms with Gasteiger partial charge in [0.15, 0.2) is 5.82 Å². The third kappa shape index (κ3) is 3.91. The predicted octanol–water partition coefficient (Wildman–Crippen LogP) is 2.58. The fraction of sp³-hybridized carbons (Fsp3) is 0.600. The van der Waals surface area contributed by atoms with E-state index < -0.39 is 0 Å². The summed E-state index contributed by atoms with van der Waals surface area (Å²) in [5, 5.41) is 4.00. The number of piperazine rings is 1. The maximum Gasteiger partial charge on any atom is 0.223 e. The van der Waals surface area contributed by atoms with Crippen LogP contribution in [0.5, 0.6) is 5.75 Å². The van der Waals surface area contributed by atoms with Crippen LogP contribution in [0.3, 0.4) is 0 Å². The van der Waals surface area contributed by atoms with Gasteiger partial charge in [-0.3, -0.25) is 9.80 Å². The monoisotopic (exact) mass is 356 g/mol. The average molecular weight is 356 g/mol. The Morgan fingerprint density at radius 1 is 1.04 bits per heavy atom. The Hall–Kier alpha value is -1.92. The summed E-state index contributed by atoms with van der Waals surface area (Å²) in [6.45, 7) is 10.5. The summed E-state index contributed by atoms with van der Waals surface area (Å²) in [5.41, 5.74) is 4.35. The fourth-order valence-corrected chi connectivity index (χ4v) is 4.02. The molecule has 1 aliphatic heterocycles. The lowest BCUT2D eigenvalue weighted by Gasteiger charge is -2.34. The van der Waals surface area contributed by atoms with Crippen LogP contribution in [0, 0.1) is 6.92 Å². The second kappa shape index (κ2) is 7.76. The second-order valence-corrected chi connectivity index (χ2v) is 7.30. The van der Waals surface area contributed by atoms with E-state index in [9.17, 15) is 0 Å². The summed E-state index contributed by atoms with van der Waals surface area (Å²) in [6, 6.07) is 4.68. The maximum atomic E-state index is 5.94. The molecule has 1 saturated heterocycles. The molecule has 0 atom stereocenters. The number of aryl methyl sites for hydroxylation is 3. The van der Waals surface area contributed by atoms with Crippen LogP contribution in [0.2, 0.25) is 0 Å². The van der Waals surface area contributed by atoms with Crippen LogP contribution in [0.25, 0.3) is 0 Å². The van der Waals surface area contributed by atoms with E-state index in [1.54, 1.807) is 0 Å². The van der Waals surface area contributed by atoms with Gasteiger partial charge in [-0.05, 0) is 43.4 Å². The van der Waals surface area contributed by atoms with Crippen LogP contribution in [0.15, 0.2) is 16.7 Å². The van der Waals surface area contributed by atoms with Gasteiger partial charge in [0.2, 0.25) is 5.89 Å². The van der Waals surface area contributed by atoms with Crippen LogP contribution >= 0.6 is 0 Å². The predicted molar refractivity (Wildman–Crippen MR) is 99.2 cm³/mol. The van der Waals surface area contributed by atoms with Crippen molar-refractivity contribution < 1.29 is 9.26 Å². The van der Waals surface area contributed by atoms with Crippen molar-refractivity contribution in [3.05, 3.63) is 40.5 Å². The molecule has 6 heteroatoms. The van der Waals surface area contributed by atoms with Crippen molar-refractivity contribution >= 4 is 0 Å². The number of aromatic nitrogens is 2. The van der Waals surface area contributed by atoms with Crippen molar-refractivity contribution in [1.29, 1.82) is 0 Å². The van der Waals surface area contributed by atoms with E-state index in [1.807, 2.05) is 6.92 Å². The molecule has 4 rings (SSSR count). The number of nitrogens with zero attached hydrogens (tertiary/aromatic N) is 4. The molecule has 26 heavy (non-hydrogen) atoms. The van der Waals surface area contributed by atoms with Gasteiger partial charge in [-0.2, -0.15) is 4.98 Å². The van der Waals surface area contributed by atoms with E-state index in [-0.39, 0.29) is 0 Å². The Morgan fingerprint density at radius 3 is 2.38 bits per heavy atom. The number of benzene rings is 1. The molecule has 0 bridgehead atoms. The summed E-state index contributed by atoms with van der Waals surface area (Å²) in [6.07, 6.45) is 3.69. The van der Waals surface area contributed by atoms with Gasteiger partial charge < -0.3 is 9.26 Å². The first kappa shape index (κ1) is 17.5. The third-order valence-corrected chi connectivity index (χ3v) is 5.37. The first-order chi connectivity index (χ1) is 12.7. The number of fused-ring (bicyclic) bond motifs is 1. The molecule has 0 amide bonds. The Labute approximate surface area is 155 Å². The van der Waals surface area contributed by atoms with E-state index in [0.717, 1.165) is 57.4 Å². The molecular weight excluding hydrogens is 328 g/mol. The molecule has 0 spiro atoms. The van der Waals surface area contributed by atoms with Crippen LogP contribution in [-0.4, -0.2) is 52.7 Å². The molecule has 1 fully saturated rings. The van der Waals surface area contributed by atoms with Gasteiger partial charge in [-0.1, -0.05) is 11.2 Å². The number of hydrogen-bond acceptors (Lipinski definition) is 6. The summed E-state index contributed by atoms with van der Waals surface area (Å²) >= 11 is 0. The zero-order valence-electron chi connectivity index (χ0n) is 15.8. The summed E-state index contributed by atoms with van der Waals surface area (Å²) in [5.74, 6) is 2.50. The number of hydrogen-bond donors (Lipinski definition) is 0. The lowest BCUT2D eigenvalue weighted by atomic mass is 10.0. The van der Waals surface area contributed by atoms with E-state index in [4.69, 9.17) is 9.26 Å². The molecule has 140 valence electrons. The zero-order valence-corrected chi connectivity index (χ0v) is 15.8. The van der Waals surface area contributed by atoms with E-state index in [2.05, 4.69) is 39.0 Å². The Morgan fingerprint density at radius 2 is 1.73 bits per heavy atom. The molecule has 1 aromatic heterocycles. The Balaban J connectivity index is 1.36. The van der Waals surface area contributed by atoms with Crippen molar-refractivity contribution in [2.24, 2.45) is 0 Å². The number of rotatable bonds is 6. The molecule has 2 aliphatic rings. The largest absolute Gasteiger partial charge is 0.494 e. The molecule has 0 unspecified atom stereocenters. The van der Waals surface area contributed by atoms with Crippen LogP contribution < -0.4 is 4.74 Å². The fourth-order valence-electron chi connectivity index (χ4n) is 4.02. The van der Waals surface area contributed by atoms with Crippen molar-refractivity contribution in [3.8, 4) is 5.75 Å². The molecular formula is C20H28N4O2. The highest BCUT2D eigenvalue weighted by molar-refractivity contribution is 5.44. The number of ether oxygens (including phenoxy) is 1. The highest BCUT2D eigenvalue weighted by atomic mass is 16.5. The Kier molecular flexibility index (Phi) is 5.22. The quantitative estimate of drug-likeness (QED) is 0.793.